The molecular formula is C15H19N3O3. The molecule has 0 spiro atoms. The van der Waals surface area contributed by atoms with E-state index < -0.39 is 0 Å². The predicted octanol–water partition coefficient (Wildman–Crippen LogP) is 0.918. The number of anilines is 1. The standard InChI is InChI=1S/C15H19N3O3/c16-12-8-14-13(20-9-21-14)7-11(12)15(19)18-5-3-17(4-6-18)10-1-2-10/h7-8,10H,1-6,9,16H2. The Morgan fingerprint density at radius 2 is 1.76 bits per heavy atom. The van der Waals surface area contributed by atoms with Gasteiger partial charge in [0.15, 0.2) is 11.5 Å². The van der Waals surface area contributed by atoms with Crippen LogP contribution in [0.2, 0.25) is 0 Å². The third-order valence-electron chi connectivity index (χ3n) is 4.44. The Labute approximate surface area is 123 Å². The van der Waals surface area contributed by atoms with Crippen LogP contribution in [0, 0.1) is 0 Å². The maximum absolute atomic E-state index is 12.6. The lowest BCUT2D eigenvalue weighted by Crippen LogP contribution is -2.49. The molecule has 1 aromatic rings. The molecule has 1 saturated carbocycles. The fourth-order valence-electron chi connectivity index (χ4n) is 3.04. The summed E-state index contributed by atoms with van der Waals surface area (Å²) in [5, 5.41) is 0. The van der Waals surface area contributed by atoms with Crippen molar-refractivity contribution < 1.29 is 14.3 Å². The maximum atomic E-state index is 12.6. The number of hydrogen-bond donors (Lipinski definition) is 1. The number of hydrogen-bond acceptors (Lipinski definition) is 5. The van der Waals surface area contributed by atoms with Crippen LogP contribution in [0.4, 0.5) is 5.69 Å². The van der Waals surface area contributed by atoms with Gasteiger partial charge in [0.2, 0.25) is 6.79 Å². The van der Waals surface area contributed by atoms with E-state index in [1.165, 1.54) is 12.8 Å². The van der Waals surface area contributed by atoms with Crippen LogP contribution in [-0.2, 0) is 0 Å². The van der Waals surface area contributed by atoms with Crippen molar-refractivity contribution in [1.82, 2.24) is 9.80 Å². The van der Waals surface area contributed by atoms with Crippen LogP contribution in [0.5, 0.6) is 11.5 Å². The molecule has 0 bridgehead atoms. The fourth-order valence-corrected chi connectivity index (χ4v) is 3.04. The number of ether oxygens (including phenoxy) is 2. The van der Waals surface area contributed by atoms with Gasteiger partial charge >= 0.3 is 0 Å². The Kier molecular flexibility index (Phi) is 2.92. The monoisotopic (exact) mass is 289 g/mol. The smallest absolute Gasteiger partial charge is 0.256 e. The number of nitrogen functional groups attached to an aromatic ring is 1. The molecule has 6 heteroatoms. The molecule has 1 saturated heterocycles. The summed E-state index contributed by atoms with van der Waals surface area (Å²) in [5.74, 6) is 1.20. The van der Waals surface area contributed by atoms with Crippen LogP contribution in [0.15, 0.2) is 12.1 Å². The van der Waals surface area contributed by atoms with Gasteiger partial charge in [0.1, 0.15) is 0 Å². The number of carbonyl (C=O) groups is 1. The molecule has 0 aromatic heterocycles. The summed E-state index contributed by atoms with van der Waals surface area (Å²) >= 11 is 0. The van der Waals surface area contributed by atoms with Crippen LogP contribution in [0.25, 0.3) is 0 Å². The lowest BCUT2D eigenvalue weighted by molar-refractivity contribution is 0.0628. The Morgan fingerprint density at radius 3 is 2.43 bits per heavy atom. The topological polar surface area (TPSA) is 68.0 Å². The van der Waals surface area contributed by atoms with Gasteiger partial charge < -0.3 is 20.1 Å². The Bertz CT molecular complexity index is 578. The van der Waals surface area contributed by atoms with Crippen molar-refractivity contribution in [3.63, 3.8) is 0 Å². The fraction of sp³-hybridized carbons (Fsp3) is 0.533. The molecule has 0 radical (unpaired) electrons. The largest absolute Gasteiger partial charge is 0.454 e. The molecule has 0 unspecified atom stereocenters. The summed E-state index contributed by atoms with van der Waals surface area (Å²) in [6, 6.07) is 4.14. The second-order valence-electron chi connectivity index (χ2n) is 5.85. The Balaban J connectivity index is 1.50. The van der Waals surface area contributed by atoms with E-state index in [0.717, 1.165) is 32.2 Å². The normalized spacial score (nSPS) is 21.6. The third-order valence-corrected chi connectivity index (χ3v) is 4.44. The number of rotatable bonds is 2. The zero-order valence-corrected chi connectivity index (χ0v) is 11.9. The number of piperazine rings is 1. The van der Waals surface area contributed by atoms with Crippen molar-refractivity contribution in [3.05, 3.63) is 17.7 Å². The second kappa shape index (κ2) is 4.80. The van der Waals surface area contributed by atoms with Crippen LogP contribution < -0.4 is 15.2 Å². The van der Waals surface area contributed by atoms with E-state index in [-0.39, 0.29) is 12.7 Å². The van der Waals surface area contributed by atoms with E-state index in [9.17, 15) is 4.79 Å². The zero-order chi connectivity index (χ0) is 14.4. The minimum absolute atomic E-state index is 0.0127. The average Bonchev–Trinajstić information content (AvgIpc) is 3.25. The van der Waals surface area contributed by atoms with Gasteiger partial charge in [0, 0.05) is 44.0 Å². The number of carbonyl (C=O) groups excluding carboxylic acids is 1. The summed E-state index contributed by atoms with van der Waals surface area (Å²) in [6.45, 7) is 3.64. The molecular weight excluding hydrogens is 270 g/mol. The van der Waals surface area contributed by atoms with E-state index in [1.54, 1.807) is 12.1 Å². The molecule has 2 aliphatic heterocycles. The van der Waals surface area contributed by atoms with E-state index in [0.29, 0.717) is 22.7 Å². The summed E-state index contributed by atoms with van der Waals surface area (Å²) in [4.78, 5) is 17.0. The minimum Gasteiger partial charge on any atom is -0.454 e. The van der Waals surface area contributed by atoms with Crippen LogP contribution in [0.1, 0.15) is 23.2 Å². The Hall–Kier alpha value is -1.95. The van der Waals surface area contributed by atoms with Crippen molar-refractivity contribution in [2.45, 2.75) is 18.9 Å². The molecule has 2 heterocycles. The minimum atomic E-state index is -0.0127. The maximum Gasteiger partial charge on any atom is 0.256 e. The van der Waals surface area contributed by atoms with E-state index >= 15 is 0 Å². The summed E-state index contributed by atoms with van der Waals surface area (Å²) in [5.41, 5.74) is 6.96. The highest BCUT2D eigenvalue weighted by molar-refractivity contribution is 6.00. The molecule has 1 aromatic carbocycles. The van der Waals surface area contributed by atoms with Gasteiger partial charge in [-0.25, -0.2) is 0 Å². The molecule has 2 N–H and O–H groups in total. The molecule has 6 nitrogen and oxygen atoms in total. The van der Waals surface area contributed by atoms with Gasteiger partial charge in [-0.15, -0.1) is 0 Å². The van der Waals surface area contributed by atoms with Gasteiger partial charge in [-0.1, -0.05) is 0 Å². The first kappa shape index (κ1) is 12.8. The van der Waals surface area contributed by atoms with Gasteiger partial charge in [0.05, 0.1) is 5.56 Å². The van der Waals surface area contributed by atoms with Crippen molar-refractivity contribution in [2.24, 2.45) is 0 Å². The highest BCUT2D eigenvalue weighted by Gasteiger charge is 2.33. The first-order chi connectivity index (χ1) is 10.2. The SMILES string of the molecule is Nc1cc2c(cc1C(=O)N1CCN(C3CC3)CC1)OCO2. The highest BCUT2D eigenvalue weighted by Crippen LogP contribution is 2.36. The van der Waals surface area contributed by atoms with Gasteiger partial charge in [-0.3, -0.25) is 9.69 Å². The van der Waals surface area contributed by atoms with Crippen molar-refractivity contribution in [3.8, 4) is 11.5 Å². The third kappa shape index (κ3) is 2.29. The van der Waals surface area contributed by atoms with Gasteiger partial charge in [0.25, 0.3) is 5.91 Å². The average molecular weight is 289 g/mol. The molecule has 21 heavy (non-hydrogen) atoms. The number of benzene rings is 1. The second-order valence-corrected chi connectivity index (χ2v) is 5.85. The molecule has 2 fully saturated rings. The summed E-state index contributed by atoms with van der Waals surface area (Å²) in [6.07, 6.45) is 2.62. The number of fused-ring (bicyclic) bond motifs is 1. The predicted molar refractivity (Wildman–Crippen MR) is 77.5 cm³/mol. The molecule has 1 amide bonds. The molecule has 112 valence electrons. The van der Waals surface area contributed by atoms with E-state index in [1.807, 2.05) is 4.90 Å². The lowest BCUT2D eigenvalue weighted by Gasteiger charge is -2.35. The van der Waals surface area contributed by atoms with Crippen LogP contribution >= 0.6 is 0 Å². The number of amides is 1. The first-order valence-electron chi connectivity index (χ1n) is 7.45. The number of nitrogens with two attached hydrogens (primary N) is 1. The summed E-state index contributed by atoms with van der Waals surface area (Å²) < 4.78 is 10.6. The van der Waals surface area contributed by atoms with Crippen LogP contribution in [-0.4, -0.2) is 54.7 Å². The molecule has 4 rings (SSSR count). The first-order valence-corrected chi connectivity index (χ1v) is 7.45. The number of nitrogens with zero attached hydrogens (tertiary/aromatic N) is 2. The molecule has 0 atom stereocenters. The highest BCUT2D eigenvalue weighted by atomic mass is 16.7. The lowest BCUT2D eigenvalue weighted by atomic mass is 10.1. The van der Waals surface area contributed by atoms with Crippen molar-refractivity contribution in [1.29, 1.82) is 0 Å². The molecule has 1 aliphatic carbocycles. The van der Waals surface area contributed by atoms with Gasteiger partial charge in [-0.05, 0) is 18.9 Å². The zero-order valence-electron chi connectivity index (χ0n) is 11.9. The van der Waals surface area contributed by atoms with E-state index in [4.69, 9.17) is 15.2 Å². The quantitative estimate of drug-likeness (QED) is 0.820. The Morgan fingerprint density at radius 1 is 1.10 bits per heavy atom. The van der Waals surface area contributed by atoms with Crippen molar-refractivity contribution >= 4 is 11.6 Å². The summed E-state index contributed by atoms with van der Waals surface area (Å²) in [7, 11) is 0. The molecule has 3 aliphatic rings. The van der Waals surface area contributed by atoms with Crippen LogP contribution in [0.3, 0.4) is 0 Å². The van der Waals surface area contributed by atoms with E-state index in [2.05, 4.69) is 4.90 Å². The van der Waals surface area contributed by atoms with Crippen molar-refractivity contribution in [2.75, 3.05) is 38.7 Å². The van der Waals surface area contributed by atoms with Gasteiger partial charge in [-0.2, -0.15) is 0 Å².